The number of amides is 1. The number of aryl methyl sites for hydroxylation is 1. The van der Waals surface area contributed by atoms with Crippen molar-refractivity contribution in [3.63, 3.8) is 0 Å². The molecule has 6 nitrogen and oxygen atoms in total. The fraction of sp³-hybridized carbons (Fsp3) is 0.105. The van der Waals surface area contributed by atoms with Crippen LogP contribution < -0.4 is 10.6 Å². The second-order valence-corrected chi connectivity index (χ2v) is 6.30. The Kier molecular flexibility index (Phi) is 3.15. The summed E-state index contributed by atoms with van der Waals surface area (Å²) >= 11 is 0. The molecule has 4 aromatic rings. The molecule has 128 valence electrons. The molecule has 3 heterocycles. The highest BCUT2D eigenvalue weighted by atomic mass is 19.1. The summed E-state index contributed by atoms with van der Waals surface area (Å²) in [4.78, 5) is 16.1. The largest absolute Gasteiger partial charge is 0.338 e. The van der Waals surface area contributed by atoms with Gasteiger partial charge in [0.05, 0.1) is 6.20 Å². The van der Waals surface area contributed by atoms with Crippen molar-refractivity contribution >= 4 is 44.9 Å². The van der Waals surface area contributed by atoms with Gasteiger partial charge in [-0.2, -0.15) is 5.10 Å². The van der Waals surface area contributed by atoms with E-state index in [9.17, 15) is 9.18 Å². The second-order valence-electron chi connectivity index (χ2n) is 6.30. The van der Waals surface area contributed by atoms with Gasteiger partial charge in [-0.05, 0) is 30.2 Å². The Morgan fingerprint density at radius 2 is 2.04 bits per heavy atom. The van der Waals surface area contributed by atoms with Crippen LogP contribution in [-0.4, -0.2) is 21.1 Å². The number of aromatic amines is 1. The van der Waals surface area contributed by atoms with Gasteiger partial charge in [-0.25, -0.2) is 9.37 Å². The van der Waals surface area contributed by atoms with E-state index in [4.69, 9.17) is 0 Å². The van der Waals surface area contributed by atoms with Gasteiger partial charge in [0.1, 0.15) is 16.9 Å². The van der Waals surface area contributed by atoms with E-state index in [-0.39, 0.29) is 17.2 Å². The number of H-pyrrole nitrogens is 1. The number of nitrogens with zero attached hydrogens (tertiary/aromatic N) is 2. The van der Waals surface area contributed by atoms with Crippen LogP contribution in [0.4, 0.5) is 21.6 Å². The van der Waals surface area contributed by atoms with Gasteiger partial charge >= 0.3 is 0 Å². The van der Waals surface area contributed by atoms with E-state index in [1.165, 1.54) is 6.07 Å². The highest BCUT2D eigenvalue weighted by Crippen LogP contribution is 2.32. The monoisotopic (exact) mass is 347 g/mol. The van der Waals surface area contributed by atoms with E-state index in [0.29, 0.717) is 23.1 Å². The van der Waals surface area contributed by atoms with Crippen molar-refractivity contribution in [2.75, 3.05) is 10.6 Å². The third kappa shape index (κ3) is 2.28. The van der Waals surface area contributed by atoms with Crippen molar-refractivity contribution in [1.82, 2.24) is 15.2 Å². The van der Waals surface area contributed by atoms with Gasteiger partial charge < -0.3 is 10.6 Å². The SMILES string of the molecule is O=C1CCc2ccc(Nc3nc4c(F)cccc4c4cn[nH]c34)cc2N1. The smallest absolute Gasteiger partial charge is 0.224 e. The van der Waals surface area contributed by atoms with Gasteiger partial charge in [-0.1, -0.05) is 18.2 Å². The molecule has 26 heavy (non-hydrogen) atoms. The summed E-state index contributed by atoms with van der Waals surface area (Å²) in [6.07, 6.45) is 2.89. The minimum absolute atomic E-state index is 0.0107. The summed E-state index contributed by atoms with van der Waals surface area (Å²) in [6, 6.07) is 10.6. The molecule has 0 atom stereocenters. The molecule has 0 unspecified atom stereocenters. The summed E-state index contributed by atoms with van der Waals surface area (Å²) in [5.74, 6) is 0.111. The number of hydrogen-bond donors (Lipinski definition) is 3. The maximum atomic E-state index is 14.2. The van der Waals surface area contributed by atoms with Gasteiger partial charge in [-0.3, -0.25) is 9.89 Å². The molecule has 0 fully saturated rings. The molecule has 1 aliphatic rings. The minimum atomic E-state index is -0.383. The van der Waals surface area contributed by atoms with E-state index in [0.717, 1.165) is 28.7 Å². The minimum Gasteiger partial charge on any atom is -0.338 e. The zero-order chi connectivity index (χ0) is 17.7. The molecule has 0 spiro atoms. The highest BCUT2D eigenvalue weighted by molar-refractivity contribution is 6.08. The van der Waals surface area contributed by atoms with Crippen molar-refractivity contribution < 1.29 is 9.18 Å². The fourth-order valence-electron chi connectivity index (χ4n) is 3.36. The quantitative estimate of drug-likeness (QED) is 0.514. The Bertz CT molecular complexity index is 1180. The third-order valence-corrected chi connectivity index (χ3v) is 4.64. The Balaban J connectivity index is 1.63. The first-order chi connectivity index (χ1) is 12.7. The van der Waals surface area contributed by atoms with Crippen LogP contribution in [0.3, 0.4) is 0 Å². The Labute approximate surface area is 147 Å². The van der Waals surface area contributed by atoms with Gasteiger partial charge in [0.2, 0.25) is 5.91 Å². The van der Waals surface area contributed by atoms with Crippen LogP contribution in [0.1, 0.15) is 12.0 Å². The van der Waals surface area contributed by atoms with Gasteiger partial charge in [0.15, 0.2) is 5.82 Å². The van der Waals surface area contributed by atoms with Crippen LogP contribution >= 0.6 is 0 Å². The van der Waals surface area contributed by atoms with Crippen molar-refractivity contribution in [1.29, 1.82) is 0 Å². The van der Waals surface area contributed by atoms with Crippen LogP contribution in [0, 0.1) is 5.82 Å². The lowest BCUT2D eigenvalue weighted by Crippen LogP contribution is -2.18. The molecule has 0 aliphatic carbocycles. The number of rotatable bonds is 2. The molecule has 1 amide bonds. The molecule has 0 radical (unpaired) electrons. The van der Waals surface area contributed by atoms with Crippen molar-refractivity contribution in [3.8, 4) is 0 Å². The number of pyridine rings is 1. The van der Waals surface area contributed by atoms with Crippen LogP contribution in [0.25, 0.3) is 21.8 Å². The molecule has 0 saturated carbocycles. The van der Waals surface area contributed by atoms with E-state index < -0.39 is 0 Å². The molecule has 2 aromatic heterocycles. The molecule has 1 aliphatic heterocycles. The number of anilines is 3. The Morgan fingerprint density at radius 1 is 1.12 bits per heavy atom. The number of hydrogen-bond acceptors (Lipinski definition) is 4. The van der Waals surface area contributed by atoms with E-state index in [1.807, 2.05) is 24.3 Å². The van der Waals surface area contributed by atoms with E-state index in [2.05, 4.69) is 25.8 Å². The highest BCUT2D eigenvalue weighted by Gasteiger charge is 2.16. The number of benzene rings is 2. The Hall–Kier alpha value is -3.48. The number of nitrogens with one attached hydrogen (secondary N) is 3. The summed E-state index contributed by atoms with van der Waals surface area (Å²) < 4.78 is 14.2. The average Bonchev–Trinajstić information content (AvgIpc) is 3.13. The zero-order valence-electron chi connectivity index (χ0n) is 13.6. The molecule has 5 rings (SSSR count). The van der Waals surface area contributed by atoms with Crippen molar-refractivity contribution in [3.05, 3.63) is 54.0 Å². The molecule has 2 aromatic carbocycles. The van der Waals surface area contributed by atoms with Gasteiger partial charge in [-0.15, -0.1) is 0 Å². The molecular weight excluding hydrogens is 333 g/mol. The fourth-order valence-corrected chi connectivity index (χ4v) is 3.36. The number of carbonyl (C=O) groups is 1. The van der Waals surface area contributed by atoms with E-state index >= 15 is 0 Å². The second kappa shape index (κ2) is 5.52. The number of halogens is 1. The molecule has 3 N–H and O–H groups in total. The van der Waals surface area contributed by atoms with Crippen LogP contribution in [0.2, 0.25) is 0 Å². The van der Waals surface area contributed by atoms with Crippen LogP contribution in [-0.2, 0) is 11.2 Å². The van der Waals surface area contributed by atoms with Crippen LogP contribution in [0.5, 0.6) is 0 Å². The summed E-state index contributed by atoms with van der Waals surface area (Å²) in [5, 5.41) is 14.6. The standard InChI is InChI=1S/C19H14FN5O/c20-14-3-1-2-12-13-9-21-25-18(13)19(24-17(12)14)22-11-6-4-10-5-7-16(26)23-15(10)8-11/h1-4,6,8-9H,5,7H2,(H,21,25)(H,22,24)(H,23,26). The molecular formula is C19H14FN5O. The predicted molar refractivity (Wildman–Crippen MR) is 98.0 cm³/mol. The van der Waals surface area contributed by atoms with E-state index in [1.54, 1.807) is 12.3 Å². The van der Waals surface area contributed by atoms with Crippen molar-refractivity contribution in [2.24, 2.45) is 0 Å². The summed E-state index contributed by atoms with van der Waals surface area (Å²) in [7, 11) is 0. The lowest BCUT2D eigenvalue weighted by Gasteiger charge is -2.18. The van der Waals surface area contributed by atoms with Gasteiger partial charge in [0, 0.05) is 28.6 Å². The maximum Gasteiger partial charge on any atom is 0.224 e. The van der Waals surface area contributed by atoms with Gasteiger partial charge in [0.25, 0.3) is 0 Å². The normalized spacial score (nSPS) is 13.7. The maximum absolute atomic E-state index is 14.2. The molecule has 7 heteroatoms. The number of fused-ring (bicyclic) bond motifs is 4. The number of carbonyl (C=O) groups excluding carboxylic acids is 1. The molecule has 0 bridgehead atoms. The number of para-hydroxylation sites is 1. The third-order valence-electron chi connectivity index (χ3n) is 4.64. The summed E-state index contributed by atoms with van der Waals surface area (Å²) in [6.45, 7) is 0. The summed E-state index contributed by atoms with van der Waals surface area (Å²) in [5.41, 5.74) is 3.63. The average molecular weight is 347 g/mol. The Morgan fingerprint density at radius 3 is 2.96 bits per heavy atom. The number of aromatic nitrogens is 3. The molecule has 0 saturated heterocycles. The lowest BCUT2D eigenvalue weighted by atomic mass is 10.0. The first-order valence-corrected chi connectivity index (χ1v) is 8.30. The van der Waals surface area contributed by atoms with Crippen molar-refractivity contribution in [2.45, 2.75) is 12.8 Å². The zero-order valence-corrected chi connectivity index (χ0v) is 13.6. The first-order valence-electron chi connectivity index (χ1n) is 8.30. The topological polar surface area (TPSA) is 82.7 Å². The lowest BCUT2D eigenvalue weighted by molar-refractivity contribution is -0.116. The van der Waals surface area contributed by atoms with Crippen LogP contribution in [0.15, 0.2) is 42.6 Å². The first kappa shape index (κ1) is 14.8. The predicted octanol–water partition coefficient (Wildman–Crippen LogP) is 3.88.